The number of piperidine rings is 1. The summed E-state index contributed by atoms with van der Waals surface area (Å²) >= 11 is 0. The van der Waals surface area contributed by atoms with Crippen LogP contribution in [0, 0.1) is 5.82 Å². The van der Waals surface area contributed by atoms with Crippen molar-refractivity contribution < 1.29 is 19.4 Å². The predicted molar refractivity (Wildman–Crippen MR) is 93.5 cm³/mol. The van der Waals surface area contributed by atoms with Gasteiger partial charge in [-0.05, 0) is 55.3 Å². The number of hydrogen-bond donors (Lipinski definition) is 2. The third-order valence-corrected chi connectivity index (χ3v) is 4.75. The molecule has 0 radical (unpaired) electrons. The van der Waals surface area contributed by atoms with Gasteiger partial charge in [0.15, 0.2) is 11.5 Å². The number of amides is 1. The number of carbonyl (C=O) groups excluding carboxylic acids is 1. The monoisotopic (exact) mass is 344 g/mol. The second-order valence-corrected chi connectivity index (χ2v) is 6.31. The van der Waals surface area contributed by atoms with Crippen LogP contribution in [0.5, 0.6) is 11.5 Å². The smallest absolute Gasteiger partial charge is 0.253 e. The molecule has 5 nitrogen and oxygen atoms in total. The first kappa shape index (κ1) is 17.1. The first-order valence-corrected chi connectivity index (χ1v) is 8.25. The Morgan fingerprint density at radius 2 is 1.72 bits per heavy atom. The van der Waals surface area contributed by atoms with E-state index in [1.807, 2.05) is 0 Å². The molecule has 1 heterocycles. The van der Waals surface area contributed by atoms with Crippen molar-refractivity contribution in [3.05, 3.63) is 53.8 Å². The molecule has 1 amide bonds. The number of phenols is 2. The molecule has 0 saturated carbocycles. The summed E-state index contributed by atoms with van der Waals surface area (Å²) in [6.07, 6.45) is 1.62. The Hall–Kier alpha value is -2.76. The number of carbonyl (C=O) groups is 1. The van der Waals surface area contributed by atoms with E-state index < -0.39 is 0 Å². The second-order valence-electron chi connectivity index (χ2n) is 6.31. The third-order valence-electron chi connectivity index (χ3n) is 4.75. The molecule has 6 heteroatoms. The van der Waals surface area contributed by atoms with Crippen LogP contribution in [0.1, 0.15) is 23.2 Å². The van der Waals surface area contributed by atoms with Crippen LogP contribution in [-0.2, 0) is 0 Å². The first-order valence-electron chi connectivity index (χ1n) is 8.25. The van der Waals surface area contributed by atoms with E-state index in [1.54, 1.807) is 24.1 Å². The van der Waals surface area contributed by atoms with Crippen LogP contribution in [0.15, 0.2) is 42.5 Å². The molecule has 1 saturated heterocycles. The number of anilines is 1. The summed E-state index contributed by atoms with van der Waals surface area (Å²) < 4.78 is 13.0. The van der Waals surface area contributed by atoms with E-state index >= 15 is 0 Å². The van der Waals surface area contributed by atoms with Crippen molar-refractivity contribution in [1.29, 1.82) is 0 Å². The highest BCUT2D eigenvalue weighted by Crippen LogP contribution is 2.27. The zero-order chi connectivity index (χ0) is 18.0. The molecule has 0 aliphatic carbocycles. The van der Waals surface area contributed by atoms with Gasteiger partial charge in [0.1, 0.15) is 5.82 Å². The number of benzene rings is 2. The molecule has 1 aliphatic rings. The summed E-state index contributed by atoms with van der Waals surface area (Å²) in [5.74, 6) is -0.978. The molecule has 2 aromatic rings. The number of phenolic OH excluding ortho intramolecular Hbond substituents is 2. The van der Waals surface area contributed by atoms with Crippen LogP contribution in [-0.4, -0.2) is 47.2 Å². The summed E-state index contributed by atoms with van der Waals surface area (Å²) in [5.41, 5.74) is 1.33. The lowest BCUT2D eigenvalue weighted by Crippen LogP contribution is -2.45. The molecule has 2 N–H and O–H groups in total. The SMILES string of the molecule is CN(C(=O)c1ccc(O)c(O)c1)C1CCN(c2ccc(F)cc2)CC1. The van der Waals surface area contributed by atoms with Gasteiger partial charge in [0.05, 0.1) is 0 Å². The molecule has 0 unspecified atom stereocenters. The van der Waals surface area contributed by atoms with Gasteiger partial charge in [-0.25, -0.2) is 4.39 Å². The van der Waals surface area contributed by atoms with E-state index in [-0.39, 0.29) is 29.3 Å². The Balaban J connectivity index is 1.62. The quantitative estimate of drug-likeness (QED) is 0.840. The fourth-order valence-corrected chi connectivity index (χ4v) is 3.19. The molecule has 1 fully saturated rings. The lowest BCUT2D eigenvalue weighted by Gasteiger charge is -2.38. The van der Waals surface area contributed by atoms with Crippen LogP contribution in [0.4, 0.5) is 10.1 Å². The average molecular weight is 344 g/mol. The molecule has 2 aromatic carbocycles. The Kier molecular flexibility index (Phi) is 4.79. The lowest BCUT2D eigenvalue weighted by atomic mass is 10.0. The topological polar surface area (TPSA) is 64.0 Å². The Morgan fingerprint density at radius 3 is 2.32 bits per heavy atom. The number of nitrogens with zero attached hydrogens (tertiary/aromatic N) is 2. The van der Waals surface area contributed by atoms with E-state index in [9.17, 15) is 19.4 Å². The zero-order valence-corrected chi connectivity index (χ0v) is 14.0. The van der Waals surface area contributed by atoms with Gasteiger partial charge in [0.2, 0.25) is 0 Å². The van der Waals surface area contributed by atoms with Gasteiger partial charge >= 0.3 is 0 Å². The highest BCUT2D eigenvalue weighted by Gasteiger charge is 2.26. The maximum Gasteiger partial charge on any atom is 0.253 e. The maximum absolute atomic E-state index is 13.0. The fourth-order valence-electron chi connectivity index (χ4n) is 3.19. The van der Waals surface area contributed by atoms with Crippen LogP contribution in [0.2, 0.25) is 0 Å². The largest absolute Gasteiger partial charge is 0.504 e. The van der Waals surface area contributed by atoms with E-state index in [0.717, 1.165) is 31.6 Å². The van der Waals surface area contributed by atoms with Gasteiger partial charge in [0.25, 0.3) is 5.91 Å². The molecule has 3 rings (SSSR count). The van der Waals surface area contributed by atoms with Gasteiger partial charge < -0.3 is 20.0 Å². The predicted octanol–water partition coefficient (Wildman–Crippen LogP) is 2.98. The molecule has 0 aromatic heterocycles. The summed E-state index contributed by atoms with van der Waals surface area (Å²) in [6.45, 7) is 1.57. The molecule has 25 heavy (non-hydrogen) atoms. The van der Waals surface area contributed by atoms with Crippen molar-refractivity contribution in [3.8, 4) is 11.5 Å². The van der Waals surface area contributed by atoms with E-state index in [0.29, 0.717) is 5.56 Å². The van der Waals surface area contributed by atoms with Gasteiger partial charge in [-0.2, -0.15) is 0 Å². The summed E-state index contributed by atoms with van der Waals surface area (Å²) in [5, 5.41) is 18.9. The molecular weight excluding hydrogens is 323 g/mol. The minimum atomic E-state index is -0.301. The molecule has 132 valence electrons. The molecular formula is C19H21FN2O3. The van der Waals surface area contributed by atoms with Gasteiger partial charge in [-0.15, -0.1) is 0 Å². The van der Waals surface area contributed by atoms with Crippen LogP contribution in [0.3, 0.4) is 0 Å². The van der Waals surface area contributed by atoms with Crippen molar-refractivity contribution in [2.24, 2.45) is 0 Å². The summed E-state index contributed by atoms with van der Waals surface area (Å²) in [6, 6.07) is 10.6. The normalized spacial score (nSPS) is 15.2. The number of aromatic hydroxyl groups is 2. The molecule has 0 bridgehead atoms. The molecule has 1 aliphatic heterocycles. The van der Waals surface area contributed by atoms with Gasteiger partial charge in [-0.3, -0.25) is 4.79 Å². The standard InChI is InChI=1S/C19H21FN2O3/c1-21(19(25)13-2-7-17(23)18(24)12-13)15-8-10-22(11-9-15)16-5-3-14(20)4-6-16/h2-7,12,15,23-24H,8-11H2,1H3. The van der Waals surface area contributed by atoms with Gasteiger partial charge in [0, 0.05) is 37.4 Å². The summed E-state index contributed by atoms with van der Waals surface area (Å²) in [7, 11) is 1.75. The Morgan fingerprint density at radius 1 is 1.08 bits per heavy atom. The van der Waals surface area contributed by atoms with Crippen LogP contribution in [0.25, 0.3) is 0 Å². The van der Waals surface area contributed by atoms with Crippen LogP contribution < -0.4 is 4.90 Å². The van der Waals surface area contributed by atoms with E-state index in [2.05, 4.69) is 4.90 Å². The van der Waals surface area contributed by atoms with Crippen molar-refractivity contribution in [3.63, 3.8) is 0 Å². The Bertz CT molecular complexity index is 756. The first-order chi connectivity index (χ1) is 12.0. The van der Waals surface area contributed by atoms with Crippen molar-refractivity contribution in [2.75, 3.05) is 25.0 Å². The van der Waals surface area contributed by atoms with E-state index in [1.165, 1.54) is 30.3 Å². The third kappa shape index (κ3) is 3.68. The second kappa shape index (κ2) is 7.01. The highest BCUT2D eigenvalue weighted by molar-refractivity contribution is 5.95. The van der Waals surface area contributed by atoms with Crippen molar-refractivity contribution in [2.45, 2.75) is 18.9 Å². The average Bonchev–Trinajstić information content (AvgIpc) is 2.63. The van der Waals surface area contributed by atoms with Crippen molar-refractivity contribution in [1.82, 2.24) is 4.90 Å². The highest BCUT2D eigenvalue weighted by atomic mass is 19.1. The maximum atomic E-state index is 13.0. The fraction of sp³-hybridized carbons (Fsp3) is 0.316. The van der Waals surface area contributed by atoms with Gasteiger partial charge in [-0.1, -0.05) is 0 Å². The molecule has 0 atom stereocenters. The van der Waals surface area contributed by atoms with E-state index in [4.69, 9.17) is 0 Å². The van der Waals surface area contributed by atoms with Crippen molar-refractivity contribution >= 4 is 11.6 Å². The number of halogens is 1. The zero-order valence-electron chi connectivity index (χ0n) is 14.0. The minimum absolute atomic E-state index is 0.0974. The molecule has 0 spiro atoms. The number of rotatable bonds is 3. The lowest BCUT2D eigenvalue weighted by molar-refractivity contribution is 0.0709. The number of hydrogen-bond acceptors (Lipinski definition) is 4. The summed E-state index contributed by atoms with van der Waals surface area (Å²) in [4.78, 5) is 16.4. The minimum Gasteiger partial charge on any atom is -0.504 e. The Labute approximate surface area is 145 Å². The van der Waals surface area contributed by atoms with Crippen LogP contribution >= 0.6 is 0 Å².